The molecule has 4 rings (SSSR count). The highest BCUT2D eigenvalue weighted by Crippen LogP contribution is 2.33. The van der Waals surface area contributed by atoms with Crippen LogP contribution in [0.3, 0.4) is 0 Å². The van der Waals surface area contributed by atoms with Gasteiger partial charge in [0, 0.05) is 35.3 Å². The van der Waals surface area contributed by atoms with E-state index in [1.807, 2.05) is 19.2 Å². The molecule has 31 heavy (non-hydrogen) atoms. The average molecular weight is 437 g/mol. The molecule has 2 aromatic carbocycles. The van der Waals surface area contributed by atoms with Gasteiger partial charge in [0.2, 0.25) is 5.91 Å². The summed E-state index contributed by atoms with van der Waals surface area (Å²) in [4.78, 5) is 18.8. The SMILES string of the molecule is CC(C)Oc1ccc(C(N)=O)cc1Nc1nc(-c2ccc(N3CCCCC3)cc2)cs1. The first kappa shape index (κ1) is 21.2. The number of nitrogens with zero attached hydrogens (tertiary/aromatic N) is 2. The molecule has 0 aliphatic carbocycles. The molecule has 0 bridgehead atoms. The minimum atomic E-state index is -0.479. The van der Waals surface area contributed by atoms with E-state index in [2.05, 4.69) is 34.5 Å². The first-order chi connectivity index (χ1) is 15.0. The van der Waals surface area contributed by atoms with Crippen LogP contribution in [-0.2, 0) is 0 Å². The number of thiazole rings is 1. The molecule has 0 unspecified atom stereocenters. The van der Waals surface area contributed by atoms with Crippen LogP contribution in [0.2, 0.25) is 0 Å². The molecule has 1 saturated heterocycles. The topological polar surface area (TPSA) is 80.5 Å². The Hall–Kier alpha value is -3.06. The van der Waals surface area contributed by atoms with Crippen LogP contribution < -0.4 is 20.7 Å². The number of hydrogen-bond acceptors (Lipinski definition) is 6. The number of piperidine rings is 1. The molecule has 0 saturated carbocycles. The van der Waals surface area contributed by atoms with Crippen LogP contribution in [0.5, 0.6) is 5.75 Å². The van der Waals surface area contributed by atoms with Crippen molar-refractivity contribution in [3.63, 3.8) is 0 Å². The number of amides is 1. The highest BCUT2D eigenvalue weighted by molar-refractivity contribution is 7.14. The summed E-state index contributed by atoms with van der Waals surface area (Å²) < 4.78 is 5.87. The van der Waals surface area contributed by atoms with Crippen LogP contribution >= 0.6 is 11.3 Å². The first-order valence-electron chi connectivity index (χ1n) is 10.7. The van der Waals surface area contributed by atoms with E-state index in [1.165, 1.54) is 36.3 Å². The van der Waals surface area contributed by atoms with Crippen LogP contribution in [0, 0.1) is 0 Å². The summed E-state index contributed by atoms with van der Waals surface area (Å²) in [5.41, 5.74) is 9.81. The molecule has 6 nitrogen and oxygen atoms in total. The van der Waals surface area contributed by atoms with Crippen molar-refractivity contribution < 1.29 is 9.53 Å². The molecule has 2 heterocycles. The van der Waals surface area contributed by atoms with Crippen molar-refractivity contribution in [2.75, 3.05) is 23.3 Å². The van der Waals surface area contributed by atoms with E-state index in [-0.39, 0.29) is 6.10 Å². The summed E-state index contributed by atoms with van der Waals surface area (Å²) in [6.07, 6.45) is 3.87. The van der Waals surface area contributed by atoms with E-state index in [4.69, 9.17) is 15.5 Å². The zero-order chi connectivity index (χ0) is 21.8. The number of carbonyl (C=O) groups is 1. The minimum absolute atomic E-state index is 0.00486. The summed E-state index contributed by atoms with van der Waals surface area (Å²) >= 11 is 1.51. The molecule has 3 N–H and O–H groups in total. The first-order valence-corrected chi connectivity index (χ1v) is 11.6. The lowest BCUT2D eigenvalue weighted by Crippen LogP contribution is -2.29. The standard InChI is InChI=1S/C24H28N4O2S/c1-16(2)30-22-11-8-18(23(25)29)14-20(22)26-24-27-21(15-31-24)17-6-9-19(10-7-17)28-12-4-3-5-13-28/h6-11,14-16H,3-5,12-13H2,1-2H3,(H2,25,29)(H,26,27). The number of anilines is 3. The Morgan fingerprint density at radius 2 is 1.87 bits per heavy atom. The largest absolute Gasteiger partial charge is 0.489 e. The number of nitrogens with one attached hydrogen (secondary N) is 1. The van der Waals surface area contributed by atoms with Gasteiger partial charge in [0.05, 0.1) is 17.5 Å². The molecule has 0 radical (unpaired) electrons. The lowest BCUT2D eigenvalue weighted by atomic mass is 10.1. The lowest BCUT2D eigenvalue weighted by Gasteiger charge is -2.28. The summed E-state index contributed by atoms with van der Waals surface area (Å²) in [5, 5.41) is 6.05. The Morgan fingerprint density at radius 3 is 2.55 bits per heavy atom. The molecule has 0 spiro atoms. The molecule has 1 aliphatic rings. The molecule has 162 valence electrons. The van der Waals surface area contributed by atoms with Gasteiger partial charge in [0.15, 0.2) is 5.13 Å². The van der Waals surface area contributed by atoms with E-state index in [0.29, 0.717) is 17.0 Å². The number of ether oxygens (including phenoxy) is 1. The minimum Gasteiger partial charge on any atom is -0.489 e. The van der Waals surface area contributed by atoms with E-state index in [0.717, 1.165) is 29.5 Å². The number of rotatable bonds is 7. The summed E-state index contributed by atoms with van der Waals surface area (Å²) in [5.74, 6) is 0.176. The third kappa shape index (κ3) is 5.17. The van der Waals surface area contributed by atoms with Gasteiger partial charge in [-0.15, -0.1) is 11.3 Å². The Bertz CT molecular complexity index is 1040. The van der Waals surface area contributed by atoms with Crippen LogP contribution in [0.4, 0.5) is 16.5 Å². The Labute approximate surface area is 187 Å². The Kier molecular flexibility index (Phi) is 6.42. The van der Waals surface area contributed by atoms with Crippen LogP contribution in [0.1, 0.15) is 43.5 Å². The van der Waals surface area contributed by atoms with Crippen molar-refractivity contribution in [1.29, 1.82) is 0 Å². The molecule has 1 aliphatic heterocycles. The number of carbonyl (C=O) groups excluding carboxylic acids is 1. The summed E-state index contributed by atoms with van der Waals surface area (Å²) in [6.45, 7) is 6.19. The van der Waals surface area contributed by atoms with Gasteiger partial charge in [-0.25, -0.2) is 4.98 Å². The van der Waals surface area contributed by atoms with Crippen LogP contribution in [0.15, 0.2) is 47.8 Å². The molecule has 1 fully saturated rings. The van der Waals surface area contributed by atoms with Gasteiger partial charge in [0.25, 0.3) is 0 Å². The average Bonchev–Trinajstić information content (AvgIpc) is 3.24. The van der Waals surface area contributed by atoms with Gasteiger partial charge in [-0.3, -0.25) is 4.79 Å². The van der Waals surface area contributed by atoms with E-state index >= 15 is 0 Å². The Balaban J connectivity index is 1.52. The second-order valence-electron chi connectivity index (χ2n) is 8.00. The molecule has 7 heteroatoms. The summed E-state index contributed by atoms with van der Waals surface area (Å²) in [7, 11) is 0. The van der Waals surface area contributed by atoms with E-state index < -0.39 is 5.91 Å². The predicted molar refractivity (Wildman–Crippen MR) is 128 cm³/mol. The van der Waals surface area contributed by atoms with E-state index in [9.17, 15) is 4.79 Å². The highest BCUT2D eigenvalue weighted by atomic mass is 32.1. The third-order valence-electron chi connectivity index (χ3n) is 5.26. The second kappa shape index (κ2) is 9.39. The fourth-order valence-corrected chi connectivity index (χ4v) is 4.44. The normalized spacial score (nSPS) is 14.0. The Morgan fingerprint density at radius 1 is 1.13 bits per heavy atom. The van der Waals surface area contributed by atoms with Crippen molar-refractivity contribution in [2.45, 2.75) is 39.2 Å². The fourth-order valence-electron chi connectivity index (χ4n) is 3.71. The number of aromatic nitrogens is 1. The maximum Gasteiger partial charge on any atom is 0.248 e. The predicted octanol–water partition coefficient (Wildman–Crippen LogP) is 5.43. The van der Waals surface area contributed by atoms with Crippen molar-refractivity contribution in [3.05, 3.63) is 53.4 Å². The van der Waals surface area contributed by atoms with Crippen molar-refractivity contribution >= 4 is 33.8 Å². The van der Waals surface area contributed by atoms with Crippen molar-refractivity contribution in [1.82, 2.24) is 4.98 Å². The van der Waals surface area contributed by atoms with Gasteiger partial charge in [-0.1, -0.05) is 12.1 Å². The summed E-state index contributed by atoms with van der Waals surface area (Å²) in [6, 6.07) is 13.7. The van der Waals surface area contributed by atoms with Gasteiger partial charge in [-0.05, 0) is 63.4 Å². The zero-order valence-corrected chi connectivity index (χ0v) is 18.7. The zero-order valence-electron chi connectivity index (χ0n) is 17.9. The van der Waals surface area contributed by atoms with Gasteiger partial charge in [-0.2, -0.15) is 0 Å². The van der Waals surface area contributed by atoms with Crippen LogP contribution in [-0.4, -0.2) is 30.1 Å². The third-order valence-corrected chi connectivity index (χ3v) is 6.01. The molecule has 1 amide bonds. The molecule has 0 atom stereocenters. The maximum absolute atomic E-state index is 11.6. The maximum atomic E-state index is 11.6. The molecule has 3 aromatic rings. The fraction of sp³-hybridized carbons (Fsp3) is 0.333. The number of hydrogen-bond donors (Lipinski definition) is 2. The van der Waals surface area contributed by atoms with Crippen molar-refractivity contribution in [2.24, 2.45) is 5.73 Å². The molecular formula is C24H28N4O2S. The monoisotopic (exact) mass is 436 g/mol. The van der Waals surface area contributed by atoms with Gasteiger partial charge >= 0.3 is 0 Å². The highest BCUT2D eigenvalue weighted by Gasteiger charge is 2.14. The van der Waals surface area contributed by atoms with Crippen molar-refractivity contribution in [3.8, 4) is 17.0 Å². The van der Waals surface area contributed by atoms with Crippen LogP contribution in [0.25, 0.3) is 11.3 Å². The lowest BCUT2D eigenvalue weighted by molar-refractivity contribution is 0.100. The number of benzene rings is 2. The number of nitrogens with two attached hydrogens (primary N) is 1. The van der Waals surface area contributed by atoms with Gasteiger partial charge in [0.1, 0.15) is 5.75 Å². The smallest absolute Gasteiger partial charge is 0.248 e. The van der Waals surface area contributed by atoms with Gasteiger partial charge < -0.3 is 20.7 Å². The second-order valence-corrected chi connectivity index (χ2v) is 8.86. The quantitative estimate of drug-likeness (QED) is 0.516. The molecule has 1 aromatic heterocycles. The molecular weight excluding hydrogens is 408 g/mol. The van der Waals surface area contributed by atoms with E-state index in [1.54, 1.807) is 18.2 Å². The number of primary amides is 1.